The molecule has 1 saturated carbocycles. The molecule has 1 rings (SSSR count). The van der Waals surface area contributed by atoms with E-state index in [1.54, 1.807) is 0 Å². The Bertz CT molecular complexity index is 262. The summed E-state index contributed by atoms with van der Waals surface area (Å²) in [5.41, 5.74) is 5.88. The van der Waals surface area contributed by atoms with E-state index in [0.29, 0.717) is 6.04 Å². The zero-order valence-electron chi connectivity index (χ0n) is 12.0. The lowest BCUT2D eigenvalue weighted by molar-refractivity contribution is -0.136. The SMILES string of the molecule is CC1CCC(N(C)C(=O)[C@H](N)C(C)(C)C)CC1. The number of hydrogen-bond donors (Lipinski definition) is 1. The molecule has 1 aliphatic rings. The molecule has 3 nitrogen and oxygen atoms in total. The Hall–Kier alpha value is -0.570. The van der Waals surface area contributed by atoms with Crippen LogP contribution in [0.5, 0.6) is 0 Å². The van der Waals surface area contributed by atoms with E-state index in [4.69, 9.17) is 5.73 Å². The lowest BCUT2D eigenvalue weighted by atomic mass is 9.84. The van der Waals surface area contributed by atoms with E-state index in [-0.39, 0.29) is 11.3 Å². The molecule has 1 amide bonds. The molecule has 1 aliphatic carbocycles. The van der Waals surface area contributed by atoms with E-state index in [2.05, 4.69) is 6.92 Å². The minimum absolute atomic E-state index is 0.0945. The summed E-state index contributed by atoms with van der Waals surface area (Å²) >= 11 is 0. The smallest absolute Gasteiger partial charge is 0.240 e. The van der Waals surface area contributed by atoms with Gasteiger partial charge >= 0.3 is 0 Å². The third-order valence-electron chi connectivity index (χ3n) is 4.08. The molecular weight excluding hydrogens is 212 g/mol. The third-order valence-corrected chi connectivity index (χ3v) is 4.08. The summed E-state index contributed by atoms with van der Waals surface area (Å²) in [5.74, 6) is 0.906. The molecule has 0 bridgehead atoms. The van der Waals surface area contributed by atoms with Gasteiger partial charge in [-0.3, -0.25) is 4.79 Å². The fraction of sp³-hybridized carbons (Fsp3) is 0.929. The van der Waals surface area contributed by atoms with E-state index >= 15 is 0 Å². The number of hydrogen-bond acceptors (Lipinski definition) is 2. The van der Waals surface area contributed by atoms with Gasteiger partial charge in [0.15, 0.2) is 0 Å². The number of carbonyl (C=O) groups is 1. The maximum atomic E-state index is 12.3. The van der Waals surface area contributed by atoms with Gasteiger partial charge in [-0.2, -0.15) is 0 Å². The van der Waals surface area contributed by atoms with Gasteiger partial charge in [-0.1, -0.05) is 27.7 Å². The van der Waals surface area contributed by atoms with Gasteiger partial charge in [-0.15, -0.1) is 0 Å². The number of nitrogens with two attached hydrogens (primary N) is 1. The summed E-state index contributed by atoms with van der Waals surface area (Å²) in [7, 11) is 1.91. The van der Waals surface area contributed by atoms with E-state index < -0.39 is 6.04 Å². The summed E-state index contributed by atoms with van der Waals surface area (Å²) < 4.78 is 0. The standard InChI is InChI=1S/C14H28N2O/c1-10-6-8-11(9-7-10)16(5)13(17)12(15)14(2,3)4/h10-12H,6-9,15H2,1-5H3/t10?,11?,12-/m0/s1. The van der Waals surface area contributed by atoms with E-state index in [9.17, 15) is 4.79 Å². The van der Waals surface area contributed by atoms with E-state index in [1.807, 2.05) is 32.7 Å². The highest BCUT2D eigenvalue weighted by Crippen LogP contribution is 2.28. The molecule has 17 heavy (non-hydrogen) atoms. The highest BCUT2D eigenvalue weighted by molar-refractivity contribution is 5.82. The maximum absolute atomic E-state index is 12.3. The average molecular weight is 240 g/mol. The lowest BCUT2D eigenvalue weighted by Crippen LogP contribution is -2.52. The highest BCUT2D eigenvalue weighted by atomic mass is 16.2. The molecule has 100 valence electrons. The molecule has 1 fully saturated rings. The Labute approximate surface area is 106 Å². The van der Waals surface area contributed by atoms with Gasteiger partial charge in [-0.05, 0) is 37.0 Å². The first-order valence-electron chi connectivity index (χ1n) is 6.75. The molecular formula is C14H28N2O. The molecule has 0 heterocycles. The summed E-state index contributed by atoms with van der Waals surface area (Å²) in [6.07, 6.45) is 4.71. The van der Waals surface area contributed by atoms with Crippen LogP contribution in [-0.4, -0.2) is 29.9 Å². The monoisotopic (exact) mass is 240 g/mol. The van der Waals surface area contributed by atoms with Gasteiger partial charge in [0.2, 0.25) is 5.91 Å². The number of amides is 1. The van der Waals surface area contributed by atoms with Crippen molar-refractivity contribution in [2.75, 3.05) is 7.05 Å². The Balaban J connectivity index is 2.58. The third kappa shape index (κ3) is 3.70. The van der Waals surface area contributed by atoms with Gasteiger partial charge in [0.05, 0.1) is 6.04 Å². The fourth-order valence-corrected chi connectivity index (χ4v) is 2.40. The zero-order chi connectivity index (χ0) is 13.2. The van der Waals surface area contributed by atoms with Crippen LogP contribution in [-0.2, 0) is 4.79 Å². The van der Waals surface area contributed by atoms with Crippen LogP contribution in [0.4, 0.5) is 0 Å². The van der Waals surface area contributed by atoms with Crippen LogP contribution in [0.15, 0.2) is 0 Å². The second kappa shape index (κ2) is 5.38. The second-order valence-corrected chi connectivity index (χ2v) is 6.71. The Morgan fingerprint density at radius 3 is 2.12 bits per heavy atom. The lowest BCUT2D eigenvalue weighted by Gasteiger charge is -2.37. The average Bonchev–Trinajstić information content (AvgIpc) is 2.26. The molecule has 0 aromatic rings. The quantitative estimate of drug-likeness (QED) is 0.805. The molecule has 3 heteroatoms. The number of nitrogens with zero attached hydrogens (tertiary/aromatic N) is 1. The first kappa shape index (κ1) is 14.5. The highest BCUT2D eigenvalue weighted by Gasteiger charge is 2.33. The van der Waals surface area contributed by atoms with Crippen molar-refractivity contribution in [3.05, 3.63) is 0 Å². The molecule has 0 unspecified atom stereocenters. The Morgan fingerprint density at radius 1 is 1.24 bits per heavy atom. The van der Waals surface area contributed by atoms with Crippen molar-refractivity contribution in [3.8, 4) is 0 Å². The van der Waals surface area contributed by atoms with Gasteiger partial charge in [0, 0.05) is 13.1 Å². The van der Waals surface area contributed by atoms with Crippen LogP contribution < -0.4 is 5.73 Å². The molecule has 0 aliphatic heterocycles. The van der Waals surface area contributed by atoms with Gasteiger partial charge in [0.1, 0.15) is 0 Å². The minimum atomic E-state index is -0.396. The van der Waals surface area contributed by atoms with Crippen molar-refractivity contribution in [3.63, 3.8) is 0 Å². The predicted molar refractivity (Wildman–Crippen MR) is 71.6 cm³/mol. The van der Waals surface area contributed by atoms with Crippen LogP contribution in [0.2, 0.25) is 0 Å². The van der Waals surface area contributed by atoms with Crippen LogP contribution >= 0.6 is 0 Å². The van der Waals surface area contributed by atoms with Crippen molar-refractivity contribution in [1.82, 2.24) is 4.90 Å². The molecule has 1 atom stereocenters. The van der Waals surface area contributed by atoms with Gasteiger partial charge in [0.25, 0.3) is 0 Å². The molecule has 0 aromatic heterocycles. The zero-order valence-corrected chi connectivity index (χ0v) is 12.0. The Morgan fingerprint density at radius 2 is 1.71 bits per heavy atom. The topological polar surface area (TPSA) is 46.3 Å². The number of likely N-dealkylation sites (N-methyl/N-ethyl adjacent to an activating group) is 1. The molecule has 0 aromatic carbocycles. The summed E-state index contributed by atoms with van der Waals surface area (Å²) in [6.45, 7) is 8.35. The molecule has 2 N–H and O–H groups in total. The van der Waals surface area contributed by atoms with Crippen molar-refractivity contribution >= 4 is 5.91 Å². The van der Waals surface area contributed by atoms with Crippen molar-refractivity contribution in [2.24, 2.45) is 17.1 Å². The summed E-state index contributed by atoms with van der Waals surface area (Å²) in [4.78, 5) is 14.2. The summed E-state index contributed by atoms with van der Waals surface area (Å²) in [5, 5.41) is 0. The number of carbonyl (C=O) groups excluding carboxylic acids is 1. The van der Waals surface area contributed by atoms with Crippen LogP contribution in [0.3, 0.4) is 0 Å². The van der Waals surface area contributed by atoms with Crippen LogP contribution in [0.25, 0.3) is 0 Å². The fourth-order valence-electron chi connectivity index (χ4n) is 2.40. The first-order valence-corrected chi connectivity index (χ1v) is 6.75. The first-order chi connectivity index (χ1) is 7.73. The second-order valence-electron chi connectivity index (χ2n) is 6.71. The van der Waals surface area contributed by atoms with Crippen LogP contribution in [0, 0.1) is 11.3 Å². The van der Waals surface area contributed by atoms with Gasteiger partial charge in [-0.25, -0.2) is 0 Å². The molecule has 0 spiro atoms. The van der Waals surface area contributed by atoms with Crippen molar-refractivity contribution in [1.29, 1.82) is 0 Å². The molecule has 0 radical (unpaired) electrons. The maximum Gasteiger partial charge on any atom is 0.240 e. The van der Waals surface area contributed by atoms with Crippen LogP contribution in [0.1, 0.15) is 53.4 Å². The molecule has 0 saturated heterocycles. The van der Waals surface area contributed by atoms with Crippen molar-refractivity contribution in [2.45, 2.75) is 65.5 Å². The normalized spacial score (nSPS) is 27.6. The van der Waals surface area contributed by atoms with Crippen molar-refractivity contribution < 1.29 is 4.79 Å². The van der Waals surface area contributed by atoms with E-state index in [0.717, 1.165) is 18.8 Å². The summed E-state index contributed by atoms with van der Waals surface area (Å²) in [6, 6.07) is -0.000972. The number of rotatable bonds is 2. The van der Waals surface area contributed by atoms with E-state index in [1.165, 1.54) is 12.8 Å². The largest absolute Gasteiger partial charge is 0.341 e. The Kier molecular flexibility index (Phi) is 4.59. The minimum Gasteiger partial charge on any atom is -0.341 e. The predicted octanol–water partition coefficient (Wildman–Crippen LogP) is 2.40. The van der Waals surface area contributed by atoms with Gasteiger partial charge < -0.3 is 10.6 Å².